The van der Waals surface area contributed by atoms with Crippen molar-refractivity contribution in [1.82, 2.24) is 15.5 Å². The maximum absolute atomic E-state index is 13.0. The zero-order valence-electron chi connectivity index (χ0n) is 20.2. The summed E-state index contributed by atoms with van der Waals surface area (Å²) in [5.41, 5.74) is 2.63. The molecular weight excluding hydrogens is 430 g/mol. The van der Waals surface area contributed by atoms with E-state index < -0.39 is 6.04 Å². The fraction of sp³-hybridized carbons (Fsp3) is 0.630. The first-order chi connectivity index (χ1) is 16.4. The number of benzene rings is 1. The van der Waals surface area contributed by atoms with Gasteiger partial charge < -0.3 is 25.0 Å². The number of amides is 2. The number of nitrogens with one attached hydrogen (secondary N) is 2. The zero-order chi connectivity index (χ0) is 23.7. The van der Waals surface area contributed by atoms with E-state index in [1.807, 2.05) is 18.2 Å². The standard InChI is InChI=1S/C27H37N3O4/c1-18-7-10-23(25(31)29-18)30-16-19-15-20(8-9-21(19)26(30)32)34-24-6-4-3-5-22(24)28-17-27(2)11-13-33-14-12-27/h8-9,15,22-24,28H,1,3-7,10-14,16-17H2,2H3,(H,29,31). The maximum Gasteiger partial charge on any atom is 0.255 e. The van der Waals surface area contributed by atoms with E-state index in [9.17, 15) is 9.59 Å². The minimum Gasteiger partial charge on any atom is -0.489 e. The Morgan fingerprint density at radius 2 is 2.00 bits per heavy atom. The summed E-state index contributed by atoms with van der Waals surface area (Å²) >= 11 is 0. The average molecular weight is 468 g/mol. The van der Waals surface area contributed by atoms with Gasteiger partial charge in [0.05, 0.1) is 0 Å². The van der Waals surface area contributed by atoms with Gasteiger partial charge in [0.2, 0.25) is 5.91 Å². The van der Waals surface area contributed by atoms with Crippen LogP contribution < -0.4 is 15.4 Å². The van der Waals surface area contributed by atoms with Crippen LogP contribution in [0.15, 0.2) is 30.5 Å². The monoisotopic (exact) mass is 467 g/mol. The highest BCUT2D eigenvalue weighted by atomic mass is 16.5. The lowest BCUT2D eigenvalue weighted by atomic mass is 9.81. The van der Waals surface area contributed by atoms with E-state index in [-0.39, 0.29) is 23.3 Å². The van der Waals surface area contributed by atoms with Gasteiger partial charge in [0, 0.05) is 43.6 Å². The maximum atomic E-state index is 13.0. The fourth-order valence-corrected chi connectivity index (χ4v) is 5.77. The Labute approximate surface area is 202 Å². The number of hydrogen-bond donors (Lipinski definition) is 2. The smallest absolute Gasteiger partial charge is 0.255 e. The molecular formula is C27H37N3O4. The van der Waals surface area contributed by atoms with E-state index in [2.05, 4.69) is 24.1 Å². The quantitative estimate of drug-likeness (QED) is 0.669. The van der Waals surface area contributed by atoms with E-state index in [0.29, 0.717) is 31.0 Å². The van der Waals surface area contributed by atoms with Crippen LogP contribution in [0.3, 0.4) is 0 Å². The Hall–Kier alpha value is -2.38. The summed E-state index contributed by atoms with van der Waals surface area (Å²) in [7, 11) is 0. The molecule has 1 aromatic carbocycles. The molecule has 4 aliphatic rings. The number of nitrogens with zero attached hydrogens (tertiary/aromatic N) is 1. The summed E-state index contributed by atoms with van der Waals surface area (Å²) in [6, 6.07) is 5.67. The van der Waals surface area contributed by atoms with Gasteiger partial charge in [-0.15, -0.1) is 0 Å². The summed E-state index contributed by atoms with van der Waals surface area (Å²) < 4.78 is 12.1. The molecule has 5 rings (SSSR count). The molecule has 2 amide bonds. The molecule has 184 valence electrons. The number of rotatable bonds is 6. The number of piperidine rings is 1. The van der Waals surface area contributed by atoms with Crippen LogP contribution >= 0.6 is 0 Å². The summed E-state index contributed by atoms with van der Waals surface area (Å²) in [4.78, 5) is 27.1. The molecule has 0 spiro atoms. The third-order valence-electron chi connectivity index (χ3n) is 8.09. The second-order valence-corrected chi connectivity index (χ2v) is 10.8. The molecule has 7 nitrogen and oxygen atoms in total. The number of hydrogen-bond acceptors (Lipinski definition) is 5. The van der Waals surface area contributed by atoms with E-state index in [4.69, 9.17) is 9.47 Å². The van der Waals surface area contributed by atoms with Crippen LogP contribution in [0.25, 0.3) is 0 Å². The molecule has 3 unspecified atom stereocenters. The number of ether oxygens (including phenoxy) is 2. The highest BCUT2D eigenvalue weighted by molar-refractivity contribution is 6.01. The molecule has 2 saturated heterocycles. The van der Waals surface area contributed by atoms with Crippen molar-refractivity contribution < 1.29 is 19.1 Å². The molecule has 1 aliphatic carbocycles. The van der Waals surface area contributed by atoms with Crippen molar-refractivity contribution in [2.45, 2.75) is 83.0 Å². The fourth-order valence-electron chi connectivity index (χ4n) is 5.77. The topological polar surface area (TPSA) is 79.9 Å². The summed E-state index contributed by atoms with van der Waals surface area (Å²) in [6.07, 6.45) is 8.19. The van der Waals surface area contributed by atoms with Crippen molar-refractivity contribution in [1.29, 1.82) is 0 Å². The van der Waals surface area contributed by atoms with Gasteiger partial charge in [-0.3, -0.25) is 9.59 Å². The number of carbonyl (C=O) groups is 2. The third kappa shape index (κ3) is 4.86. The largest absolute Gasteiger partial charge is 0.489 e. The van der Waals surface area contributed by atoms with Crippen LogP contribution in [0, 0.1) is 5.41 Å². The van der Waals surface area contributed by atoms with Crippen molar-refractivity contribution >= 4 is 11.8 Å². The second kappa shape index (κ2) is 9.70. The van der Waals surface area contributed by atoms with Crippen LogP contribution in [0.2, 0.25) is 0 Å². The lowest BCUT2D eigenvalue weighted by Crippen LogP contribution is -2.49. The van der Waals surface area contributed by atoms with Crippen molar-refractivity contribution in [3.8, 4) is 5.75 Å². The Morgan fingerprint density at radius 1 is 1.21 bits per heavy atom. The molecule has 1 aromatic rings. The van der Waals surface area contributed by atoms with Gasteiger partial charge in [0.1, 0.15) is 17.9 Å². The first kappa shape index (κ1) is 23.4. The van der Waals surface area contributed by atoms with Gasteiger partial charge in [-0.25, -0.2) is 0 Å². The van der Waals surface area contributed by atoms with E-state index >= 15 is 0 Å². The summed E-state index contributed by atoms with van der Waals surface area (Å²) in [6.45, 7) is 9.33. The SMILES string of the molecule is C=C1CCC(N2Cc3cc(OC4CCCCC4NCC4(C)CCOCC4)ccc3C2=O)C(=O)N1. The summed E-state index contributed by atoms with van der Waals surface area (Å²) in [5, 5.41) is 6.62. The molecule has 34 heavy (non-hydrogen) atoms. The highest BCUT2D eigenvalue weighted by Crippen LogP contribution is 2.33. The molecule has 7 heteroatoms. The lowest BCUT2D eigenvalue weighted by molar-refractivity contribution is -0.126. The van der Waals surface area contributed by atoms with E-state index in [0.717, 1.165) is 62.5 Å². The van der Waals surface area contributed by atoms with Gasteiger partial charge in [0.15, 0.2) is 0 Å². The van der Waals surface area contributed by atoms with Gasteiger partial charge in [0.25, 0.3) is 5.91 Å². The predicted octanol–water partition coefficient (Wildman–Crippen LogP) is 3.53. The second-order valence-electron chi connectivity index (χ2n) is 10.8. The Bertz CT molecular complexity index is 955. The lowest BCUT2D eigenvalue weighted by Gasteiger charge is -2.38. The third-order valence-corrected chi connectivity index (χ3v) is 8.09. The Kier molecular flexibility index (Phi) is 6.67. The van der Waals surface area contributed by atoms with Crippen LogP contribution in [0.5, 0.6) is 5.75 Å². The molecule has 1 saturated carbocycles. The first-order valence-electron chi connectivity index (χ1n) is 12.8. The highest BCUT2D eigenvalue weighted by Gasteiger charge is 2.38. The minimum atomic E-state index is -0.437. The normalized spacial score (nSPS) is 29.0. The van der Waals surface area contributed by atoms with Gasteiger partial charge in [-0.2, -0.15) is 0 Å². The first-order valence-corrected chi connectivity index (χ1v) is 12.8. The van der Waals surface area contributed by atoms with Crippen molar-refractivity contribution in [2.75, 3.05) is 19.8 Å². The summed E-state index contributed by atoms with van der Waals surface area (Å²) in [5.74, 6) is 0.602. The van der Waals surface area contributed by atoms with Crippen molar-refractivity contribution in [3.05, 3.63) is 41.6 Å². The van der Waals surface area contributed by atoms with Gasteiger partial charge in [-0.05, 0) is 74.1 Å². The Morgan fingerprint density at radius 3 is 2.79 bits per heavy atom. The predicted molar refractivity (Wildman–Crippen MR) is 129 cm³/mol. The van der Waals surface area contributed by atoms with Crippen LogP contribution in [0.1, 0.15) is 74.2 Å². The number of carbonyl (C=O) groups excluding carboxylic acids is 2. The Balaban J connectivity index is 1.23. The number of allylic oxidation sites excluding steroid dienone is 1. The van der Waals surface area contributed by atoms with Gasteiger partial charge >= 0.3 is 0 Å². The zero-order valence-corrected chi connectivity index (χ0v) is 20.2. The molecule has 3 heterocycles. The molecule has 2 N–H and O–H groups in total. The molecule has 3 atom stereocenters. The minimum absolute atomic E-state index is 0.0730. The average Bonchev–Trinajstić information content (AvgIpc) is 3.14. The van der Waals surface area contributed by atoms with Crippen LogP contribution in [0.4, 0.5) is 0 Å². The van der Waals surface area contributed by atoms with Crippen LogP contribution in [-0.2, 0) is 16.1 Å². The molecule has 0 radical (unpaired) electrons. The van der Waals surface area contributed by atoms with E-state index in [1.54, 1.807) is 4.90 Å². The number of fused-ring (bicyclic) bond motifs is 1. The van der Waals surface area contributed by atoms with Gasteiger partial charge in [-0.1, -0.05) is 19.9 Å². The molecule has 3 fully saturated rings. The molecule has 0 aromatic heterocycles. The molecule has 0 bridgehead atoms. The van der Waals surface area contributed by atoms with E-state index in [1.165, 1.54) is 12.8 Å². The van der Waals surface area contributed by atoms with Crippen molar-refractivity contribution in [2.24, 2.45) is 5.41 Å². The molecule has 3 aliphatic heterocycles. The van der Waals surface area contributed by atoms with Crippen molar-refractivity contribution in [3.63, 3.8) is 0 Å². The van der Waals surface area contributed by atoms with Crippen LogP contribution in [-0.4, -0.2) is 54.7 Å².